The molecule has 1 saturated heterocycles. The molecule has 3 N–H and O–H groups in total. The van der Waals surface area contributed by atoms with Crippen molar-refractivity contribution < 1.29 is 14.7 Å². The number of urea groups is 1. The van der Waals surface area contributed by atoms with Crippen molar-refractivity contribution >= 4 is 35.5 Å². The predicted octanol–water partition coefficient (Wildman–Crippen LogP) is 0.855. The molecule has 0 saturated carbocycles. The van der Waals surface area contributed by atoms with Gasteiger partial charge in [0, 0.05) is 35.6 Å². The van der Waals surface area contributed by atoms with Crippen LogP contribution >= 0.6 is 23.5 Å². The van der Waals surface area contributed by atoms with Gasteiger partial charge in [-0.25, -0.2) is 4.79 Å². The van der Waals surface area contributed by atoms with E-state index in [9.17, 15) is 9.59 Å². The molecule has 98 valence electrons. The number of carbonyl (C=O) groups excluding carboxylic acids is 1. The summed E-state index contributed by atoms with van der Waals surface area (Å²) in [5.41, 5.74) is 0. The van der Waals surface area contributed by atoms with Crippen LogP contribution in [-0.4, -0.2) is 52.7 Å². The Kier molecular flexibility index (Phi) is 6.57. The second-order valence-corrected chi connectivity index (χ2v) is 6.46. The van der Waals surface area contributed by atoms with Crippen molar-refractivity contribution in [2.75, 3.05) is 30.3 Å². The Labute approximate surface area is 109 Å². The number of carbonyl (C=O) groups is 2. The van der Waals surface area contributed by atoms with Gasteiger partial charge in [0.1, 0.15) is 0 Å². The molecule has 2 atom stereocenters. The van der Waals surface area contributed by atoms with Gasteiger partial charge in [-0.1, -0.05) is 6.92 Å². The van der Waals surface area contributed by atoms with Gasteiger partial charge in [-0.05, 0) is 0 Å². The first kappa shape index (κ1) is 14.5. The fourth-order valence-corrected chi connectivity index (χ4v) is 3.87. The molecule has 1 aliphatic heterocycles. The normalized spacial score (nSPS) is 21.6. The van der Waals surface area contributed by atoms with Gasteiger partial charge in [0.05, 0.1) is 5.92 Å². The number of rotatable bonds is 5. The van der Waals surface area contributed by atoms with E-state index >= 15 is 0 Å². The van der Waals surface area contributed by atoms with Crippen LogP contribution in [0.5, 0.6) is 0 Å². The molecule has 2 amide bonds. The lowest BCUT2D eigenvalue weighted by Gasteiger charge is -2.21. The third-order valence-corrected chi connectivity index (χ3v) is 5.21. The minimum absolute atomic E-state index is 0.160. The Morgan fingerprint density at radius 2 is 2.18 bits per heavy atom. The highest BCUT2D eigenvalue weighted by molar-refractivity contribution is 8.06. The summed E-state index contributed by atoms with van der Waals surface area (Å²) in [6.07, 6.45) is 0. The van der Waals surface area contributed by atoms with Gasteiger partial charge in [0.15, 0.2) is 0 Å². The molecule has 0 bridgehead atoms. The van der Waals surface area contributed by atoms with Gasteiger partial charge < -0.3 is 15.7 Å². The number of amides is 2. The number of aliphatic carboxylic acids is 1. The summed E-state index contributed by atoms with van der Waals surface area (Å²) in [5, 5.41) is 14.4. The fraction of sp³-hybridized carbons (Fsp3) is 0.800. The largest absolute Gasteiger partial charge is 0.481 e. The van der Waals surface area contributed by atoms with Crippen LogP contribution in [0.2, 0.25) is 0 Å². The van der Waals surface area contributed by atoms with Crippen molar-refractivity contribution in [3.63, 3.8) is 0 Å². The van der Waals surface area contributed by atoms with Gasteiger partial charge in [-0.15, -0.1) is 0 Å². The highest BCUT2D eigenvalue weighted by Crippen LogP contribution is 2.23. The maximum absolute atomic E-state index is 11.4. The van der Waals surface area contributed by atoms with Crippen molar-refractivity contribution in [3.05, 3.63) is 0 Å². The first-order valence-electron chi connectivity index (χ1n) is 5.53. The van der Waals surface area contributed by atoms with Crippen LogP contribution in [0.3, 0.4) is 0 Å². The summed E-state index contributed by atoms with van der Waals surface area (Å²) in [5.74, 6) is 1.93. The van der Waals surface area contributed by atoms with E-state index in [1.54, 1.807) is 6.92 Å². The van der Waals surface area contributed by atoms with E-state index in [-0.39, 0.29) is 12.6 Å². The summed E-state index contributed by atoms with van der Waals surface area (Å²) < 4.78 is 0. The highest BCUT2D eigenvalue weighted by atomic mass is 32.2. The highest BCUT2D eigenvalue weighted by Gasteiger charge is 2.16. The molecular formula is C10H18N2O3S2. The lowest BCUT2D eigenvalue weighted by molar-refractivity contribution is -0.140. The molecule has 1 rings (SSSR count). The Morgan fingerprint density at radius 3 is 2.76 bits per heavy atom. The monoisotopic (exact) mass is 278 g/mol. The Bertz CT molecular complexity index is 270. The van der Waals surface area contributed by atoms with Crippen molar-refractivity contribution in [3.8, 4) is 0 Å². The molecule has 1 aliphatic rings. The van der Waals surface area contributed by atoms with E-state index in [0.717, 1.165) is 11.5 Å². The number of carboxylic acids is 1. The Hall–Kier alpha value is -0.560. The van der Waals surface area contributed by atoms with Crippen LogP contribution in [0.1, 0.15) is 6.92 Å². The van der Waals surface area contributed by atoms with Crippen LogP contribution in [0.4, 0.5) is 4.79 Å². The average Bonchev–Trinajstić information content (AvgIpc) is 2.34. The van der Waals surface area contributed by atoms with Crippen molar-refractivity contribution in [1.29, 1.82) is 0 Å². The molecule has 0 aliphatic carbocycles. The van der Waals surface area contributed by atoms with Crippen LogP contribution in [0, 0.1) is 5.92 Å². The lowest BCUT2D eigenvalue weighted by Crippen LogP contribution is -2.42. The molecule has 0 spiro atoms. The second kappa shape index (κ2) is 7.71. The first-order chi connectivity index (χ1) is 8.09. The molecule has 0 radical (unpaired) electrons. The molecule has 1 heterocycles. The number of nitrogens with one attached hydrogen (secondary N) is 2. The van der Waals surface area contributed by atoms with Crippen molar-refractivity contribution in [1.82, 2.24) is 10.6 Å². The van der Waals surface area contributed by atoms with Crippen LogP contribution in [0.25, 0.3) is 0 Å². The number of hydrogen-bond donors (Lipinski definition) is 3. The lowest BCUT2D eigenvalue weighted by atomic mass is 10.2. The Morgan fingerprint density at radius 1 is 1.41 bits per heavy atom. The second-order valence-electron chi connectivity index (χ2n) is 3.90. The molecule has 17 heavy (non-hydrogen) atoms. The number of thioether (sulfide) groups is 2. The van der Waals surface area contributed by atoms with Crippen LogP contribution in [0.15, 0.2) is 0 Å². The SMILES string of the molecule is CC(CNC(=O)NCC1CSCCS1)C(=O)O. The third kappa shape index (κ3) is 6.07. The van der Waals surface area contributed by atoms with Gasteiger partial charge in [0.25, 0.3) is 0 Å². The zero-order valence-corrected chi connectivity index (χ0v) is 11.4. The van der Waals surface area contributed by atoms with E-state index in [1.807, 2.05) is 23.5 Å². The molecule has 0 aromatic carbocycles. The van der Waals surface area contributed by atoms with E-state index in [4.69, 9.17) is 5.11 Å². The standard InChI is InChI=1S/C10H18N2O3S2/c1-7(9(13)14)4-11-10(15)12-5-8-6-16-2-3-17-8/h7-8H,2-6H2,1H3,(H,13,14)(H2,11,12,15). The molecule has 1 fully saturated rings. The van der Waals surface area contributed by atoms with Crippen molar-refractivity contribution in [2.45, 2.75) is 12.2 Å². The predicted molar refractivity (Wildman–Crippen MR) is 71.8 cm³/mol. The average molecular weight is 278 g/mol. The zero-order chi connectivity index (χ0) is 12.7. The molecule has 0 aromatic heterocycles. The van der Waals surface area contributed by atoms with Crippen LogP contribution in [-0.2, 0) is 4.79 Å². The molecule has 5 nitrogen and oxygen atoms in total. The zero-order valence-electron chi connectivity index (χ0n) is 9.77. The molecule has 7 heteroatoms. The van der Waals surface area contributed by atoms with E-state index < -0.39 is 11.9 Å². The summed E-state index contributed by atoms with van der Waals surface area (Å²) in [7, 11) is 0. The first-order valence-corrected chi connectivity index (χ1v) is 7.73. The third-order valence-electron chi connectivity index (χ3n) is 2.37. The molecule has 0 aromatic rings. The van der Waals surface area contributed by atoms with Gasteiger partial charge in [-0.2, -0.15) is 23.5 Å². The van der Waals surface area contributed by atoms with Gasteiger partial charge >= 0.3 is 12.0 Å². The molecule has 2 unspecified atom stereocenters. The summed E-state index contributed by atoms with van der Waals surface area (Å²) in [4.78, 5) is 21.9. The minimum atomic E-state index is -0.899. The van der Waals surface area contributed by atoms with E-state index in [2.05, 4.69) is 10.6 Å². The number of hydrogen-bond acceptors (Lipinski definition) is 4. The number of carboxylic acid groups (broad SMARTS) is 1. The smallest absolute Gasteiger partial charge is 0.314 e. The van der Waals surface area contributed by atoms with E-state index in [1.165, 1.54) is 5.75 Å². The van der Waals surface area contributed by atoms with E-state index in [0.29, 0.717) is 11.8 Å². The summed E-state index contributed by atoms with van der Waals surface area (Å²) in [6.45, 7) is 2.37. The fourth-order valence-electron chi connectivity index (χ4n) is 1.26. The maximum Gasteiger partial charge on any atom is 0.314 e. The molecular weight excluding hydrogens is 260 g/mol. The minimum Gasteiger partial charge on any atom is -0.481 e. The van der Waals surface area contributed by atoms with Gasteiger partial charge in [0.2, 0.25) is 0 Å². The quantitative estimate of drug-likeness (QED) is 0.695. The maximum atomic E-state index is 11.4. The summed E-state index contributed by atoms with van der Waals surface area (Å²) in [6, 6.07) is -0.283. The van der Waals surface area contributed by atoms with Crippen molar-refractivity contribution in [2.24, 2.45) is 5.92 Å². The summed E-state index contributed by atoms with van der Waals surface area (Å²) >= 11 is 3.78. The van der Waals surface area contributed by atoms with Crippen LogP contribution < -0.4 is 10.6 Å². The Balaban J connectivity index is 2.10. The topological polar surface area (TPSA) is 78.4 Å². The van der Waals surface area contributed by atoms with Gasteiger partial charge in [-0.3, -0.25) is 4.79 Å².